The molecule has 19 heavy (non-hydrogen) atoms. The highest BCUT2D eigenvalue weighted by molar-refractivity contribution is 5.32. The third kappa shape index (κ3) is 2.53. The first-order valence-corrected chi connectivity index (χ1v) is 7.06. The van der Waals surface area contributed by atoms with Crippen LogP contribution in [-0.2, 0) is 0 Å². The lowest BCUT2D eigenvalue weighted by Gasteiger charge is -2.53. The summed E-state index contributed by atoms with van der Waals surface area (Å²) in [7, 11) is 0. The minimum atomic E-state index is -0.308. The lowest BCUT2D eigenvalue weighted by Crippen LogP contribution is -2.55. The fourth-order valence-corrected chi connectivity index (χ4v) is 3.05. The van der Waals surface area contributed by atoms with E-state index in [2.05, 4.69) is 26.1 Å². The minimum absolute atomic E-state index is 0.0301. The zero-order chi connectivity index (χ0) is 14.2. The molecule has 1 nitrogen and oxygen atoms in total. The summed E-state index contributed by atoms with van der Waals surface area (Å²) in [5.41, 5.74) is 0.874. The molecule has 2 rings (SSSR count). The minimum Gasteiger partial charge on any atom is -0.313 e. The van der Waals surface area contributed by atoms with Crippen LogP contribution in [0.25, 0.3) is 0 Å². The zero-order valence-corrected chi connectivity index (χ0v) is 12.2. The molecule has 3 heteroatoms. The summed E-state index contributed by atoms with van der Waals surface area (Å²) in [5.74, 6) is -0.486. The van der Waals surface area contributed by atoms with E-state index in [1.165, 1.54) is 12.1 Å². The molecule has 0 radical (unpaired) electrons. The molecular weight excluding hydrogens is 244 g/mol. The van der Waals surface area contributed by atoms with Crippen molar-refractivity contribution in [3.05, 3.63) is 34.9 Å². The molecule has 1 fully saturated rings. The topological polar surface area (TPSA) is 12.0 Å². The third-order valence-corrected chi connectivity index (χ3v) is 4.56. The predicted octanol–water partition coefficient (Wildman–Crippen LogP) is 4.15. The molecule has 2 unspecified atom stereocenters. The van der Waals surface area contributed by atoms with Gasteiger partial charge in [0.2, 0.25) is 0 Å². The van der Waals surface area contributed by atoms with Gasteiger partial charge in [0.25, 0.3) is 0 Å². The lowest BCUT2D eigenvalue weighted by molar-refractivity contribution is 0.0670. The number of hydrogen-bond donors (Lipinski definition) is 1. The first-order chi connectivity index (χ1) is 8.87. The van der Waals surface area contributed by atoms with E-state index in [1.54, 1.807) is 6.92 Å². The van der Waals surface area contributed by atoms with Crippen molar-refractivity contribution in [2.24, 2.45) is 5.41 Å². The second-order valence-corrected chi connectivity index (χ2v) is 6.24. The van der Waals surface area contributed by atoms with Crippen molar-refractivity contribution in [3.8, 4) is 0 Å². The van der Waals surface area contributed by atoms with Crippen LogP contribution in [0.3, 0.4) is 0 Å². The van der Waals surface area contributed by atoms with Crippen LogP contribution < -0.4 is 5.32 Å². The second-order valence-electron chi connectivity index (χ2n) is 6.24. The van der Waals surface area contributed by atoms with Crippen molar-refractivity contribution in [2.75, 3.05) is 6.54 Å². The molecule has 0 aliphatic heterocycles. The van der Waals surface area contributed by atoms with Crippen molar-refractivity contribution in [1.29, 1.82) is 0 Å². The molecule has 0 bridgehead atoms. The third-order valence-electron chi connectivity index (χ3n) is 4.56. The van der Waals surface area contributed by atoms with Gasteiger partial charge in [0.05, 0.1) is 0 Å². The Morgan fingerprint density at radius 3 is 2.53 bits per heavy atom. The highest BCUT2D eigenvalue weighted by Crippen LogP contribution is 2.53. The normalized spacial score (nSPS) is 25.2. The summed E-state index contributed by atoms with van der Waals surface area (Å²) in [4.78, 5) is 0. The number of rotatable bonds is 4. The fourth-order valence-electron chi connectivity index (χ4n) is 3.05. The molecule has 1 aromatic rings. The number of halogens is 2. The Morgan fingerprint density at radius 2 is 1.95 bits per heavy atom. The fraction of sp³-hybridized carbons (Fsp3) is 0.625. The number of aryl methyl sites for hydroxylation is 1. The predicted molar refractivity (Wildman–Crippen MR) is 74.3 cm³/mol. The summed E-state index contributed by atoms with van der Waals surface area (Å²) in [6, 6.07) is 3.09. The highest BCUT2D eigenvalue weighted by atomic mass is 19.1. The first-order valence-electron chi connectivity index (χ1n) is 7.06. The van der Waals surface area contributed by atoms with Crippen molar-refractivity contribution in [1.82, 2.24) is 5.32 Å². The largest absolute Gasteiger partial charge is 0.313 e. The van der Waals surface area contributed by atoms with E-state index in [0.717, 1.165) is 19.4 Å². The van der Waals surface area contributed by atoms with Gasteiger partial charge >= 0.3 is 0 Å². The van der Waals surface area contributed by atoms with Gasteiger partial charge in [-0.3, -0.25) is 0 Å². The van der Waals surface area contributed by atoms with Crippen LogP contribution in [0.4, 0.5) is 8.78 Å². The Balaban J connectivity index is 2.19. The first kappa shape index (κ1) is 14.4. The van der Waals surface area contributed by atoms with Gasteiger partial charge in [-0.1, -0.05) is 20.8 Å². The van der Waals surface area contributed by atoms with Gasteiger partial charge in [0.1, 0.15) is 11.6 Å². The van der Waals surface area contributed by atoms with Gasteiger partial charge in [-0.15, -0.1) is 0 Å². The molecule has 2 atom stereocenters. The van der Waals surface area contributed by atoms with Crippen LogP contribution in [0.1, 0.15) is 50.7 Å². The Morgan fingerprint density at radius 1 is 1.26 bits per heavy atom. The van der Waals surface area contributed by atoms with Crippen LogP contribution >= 0.6 is 0 Å². The van der Waals surface area contributed by atoms with Crippen LogP contribution in [0.2, 0.25) is 0 Å². The van der Waals surface area contributed by atoms with Crippen molar-refractivity contribution in [2.45, 2.75) is 52.5 Å². The molecule has 0 aromatic heterocycles. The Bertz CT molecular complexity index is 468. The lowest BCUT2D eigenvalue weighted by atomic mass is 9.56. The van der Waals surface area contributed by atoms with E-state index in [0.29, 0.717) is 17.2 Å². The van der Waals surface area contributed by atoms with Crippen LogP contribution in [0, 0.1) is 24.0 Å². The van der Waals surface area contributed by atoms with Crippen molar-refractivity contribution < 1.29 is 8.78 Å². The summed E-state index contributed by atoms with van der Waals surface area (Å²) in [5, 5.41) is 3.49. The van der Waals surface area contributed by atoms with E-state index < -0.39 is 0 Å². The maximum atomic E-state index is 14.0. The number of hydrogen-bond acceptors (Lipinski definition) is 1. The monoisotopic (exact) mass is 267 g/mol. The summed E-state index contributed by atoms with van der Waals surface area (Å²) >= 11 is 0. The van der Waals surface area contributed by atoms with E-state index in [9.17, 15) is 8.78 Å². The molecule has 1 aliphatic carbocycles. The van der Waals surface area contributed by atoms with Gasteiger partial charge in [-0.25, -0.2) is 8.78 Å². The Labute approximate surface area is 114 Å². The molecule has 1 aliphatic rings. The summed E-state index contributed by atoms with van der Waals surface area (Å²) in [6.45, 7) is 8.97. The summed E-state index contributed by atoms with van der Waals surface area (Å²) in [6.07, 6.45) is 1.97. The molecule has 0 saturated heterocycles. The van der Waals surface area contributed by atoms with Crippen LogP contribution in [0.5, 0.6) is 0 Å². The molecule has 0 amide bonds. The van der Waals surface area contributed by atoms with E-state index >= 15 is 0 Å². The van der Waals surface area contributed by atoms with Gasteiger partial charge in [0, 0.05) is 6.04 Å². The molecule has 1 N–H and O–H groups in total. The SMILES string of the molecule is CCCNC1CC(c2cc(F)c(C)cc2F)C1(C)C. The van der Waals surface area contributed by atoms with E-state index in [4.69, 9.17) is 0 Å². The van der Waals surface area contributed by atoms with Crippen molar-refractivity contribution >= 4 is 0 Å². The molecule has 0 spiro atoms. The summed E-state index contributed by atoms with van der Waals surface area (Å²) < 4.78 is 27.7. The smallest absolute Gasteiger partial charge is 0.127 e. The molecule has 1 aromatic carbocycles. The number of nitrogens with one attached hydrogen (secondary N) is 1. The quantitative estimate of drug-likeness (QED) is 0.864. The van der Waals surface area contributed by atoms with E-state index in [-0.39, 0.29) is 23.0 Å². The standard InChI is InChI=1S/C16H23F2N/c1-5-6-19-15-9-12(16(15,3)4)11-8-13(17)10(2)7-14(11)18/h7-8,12,15,19H,5-6,9H2,1-4H3. The van der Waals surface area contributed by atoms with E-state index in [1.807, 2.05) is 0 Å². The van der Waals surface area contributed by atoms with Gasteiger partial charge in [-0.05, 0) is 60.9 Å². The van der Waals surface area contributed by atoms with Crippen molar-refractivity contribution in [3.63, 3.8) is 0 Å². The molecule has 106 valence electrons. The van der Waals surface area contributed by atoms with Crippen LogP contribution in [-0.4, -0.2) is 12.6 Å². The van der Waals surface area contributed by atoms with Gasteiger partial charge < -0.3 is 5.32 Å². The highest BCUT2D eigenvalue weighted by Gasteiger charge is 2.49. The van der Waals surface area contributed by atoms with Gasteiger partial charge in [0.15, 0.2) is 0 Å². The maximum absolute atomic E-state index is 14.0. The zero-order valence-electron chi connectivity index (χ0n) is 12.2. The average Bonchev–Trinajstić information content (AvgIpc) is 2.34. The average molecular weight is 267 g/mol. The Hall–Kier alpha value is -0.960. The molecule has 0 heterocycles. The Kier molecular flexibility index (Phi) is 3.95. The van der Waals surface area contributed by atoms with Crippen LogP contribution in [0.15, 0.2) is 12.1 Å². The van der Waals surface area contributed by atoms with Gasteiger partial charge in [-0.2, -0.15) is 0 Å². The number of benzene rings is 1. The molecule has 1 saturated carbocycles. The second kappa shape index (κ2) is 5.20. The maximum Gasteiger partial charge on any atom is 0.127 e. The molecular formula is C16H23F2N.